The molecule has 0 spiro atoms. The Bertz CT molecular complexity index is 1450. The highest BCUT2D eigenvalue weighted by atomic mass is 16.5. The highest BCUT2D eigenvalue weighted by Crippen LogP contribution is 2.18. The highest BCUT2D eigenvalue weighted by Gasteiger charge is 2.29. The molecule has 1 fully saturated rings. The second-order valence-corrected chi connectivity index (χ2v) is 12.5. The quantitative estimate of drug-likeness (QED) is 0.185. The van der Waals surface area contributed by atoms with Crippen molar-refractivity contribution in [3.63, 3.8) is 0 Å². The average Bonchev–Trinajstić information content (AvgIpc) is 3.35. The Morgan fingerprint density at radius 1 is 0.702 bits per heavy atom. The van der Waals surface area contributed by atoms with E-state index in [1.54, 1.807) is 29.2 Å². The van der Waals surface area contributed by atoms with E-state index in [-0.39, 0.29) is 24.3 Å². The van der Waals surface area contributed by atoms with Gasteiger partial charge in [-0.05, 0) is 72.7 Å². The first kappa shape index (κ1) is 35.0. The summed E-state index contributed by atoms with van der Waals surface area (Å²) in [6.07, 6.45) is 4.71. The first-order valence-electron chi connectivity index (χ1n) is 16.5. The molecule has 1 saturated heterocycles. The van der Waals surface area contributed by atoms with Crippen LogP contribution in [0.25, 0.3) is 0 Å². The van der Waals surface area contributed by atoms with Gasteiger partial charge in [-0.25, -0.2) is 4.79 Å². The number of carbonyl (C=O) groups is 4. The molecule has 0 bridgehead atoms. The molecule has 250 valence electrons. The first-order valence-corrected chi connectivity index (χ1v) is 16.5. The van der Waals surface area contributed by atoms with Gasteiger partial charge in [0.05, 0.1) is 0 Å². The van der Waals surface area contributed by atoms with Crippen LogP contribution in [0, 0.1) is 5.92 Å². The maximum atomic E-state index is 13.8. The number of carbonyl (C=O) groups excluding carboxylic acids is 4. The SMILES string of the molecule is CC(=O)Nc1ccc(NC(=O)[C@H](Cc2ccc(OCc3ccccc3)cc2)NC(=O)[C@H](CC(C)C)NC(=O)N2CCCCCC2)cc1. The minimum Gasteiger partial charge on any atom is -0.489 e. The normalized spacial score (nSPS) is 14.3. The second-order valence-electron chi connectivity index (χ2n) is 12.5. The number of likely N-dealkylation sites (tertiary alicyclic amines) is 1. The Hall–Kier alpha value is -4.86. The third-order valence-electron chi connectivity index (χ3n) is 7.93. The average molecular weight is 642 g/mol. The van der Waals surface area contributed by atoms with Crippen LogP contribution in [0.1, 0.15) is 64.0 Å². The van der Waals surface area contributed by atoms with E-state index in [2.05, 4.69) is 21.3 Å². The molecule has 10 nitrogen and oxygen atoms in total. The maximum absolute atomic E-state index is 13.8. The number of amides is 5. The third-order valence-corrected chi connectivity index (χ3v) is 7.93. The Balaban J connectivity index is 1.48. The molecule has 0 saturated carbocycles. The monoisotopic (exact) mass is 641 g/mol. The van der Waals surface area contributed by atoms with Crippen LogP contribution >= 0.6 is 0 Å². The minimum absolute atomic E-state index is 0.132. The van der Waals surface area contributed by atoms with Crippen LogP contribution in [0.3, 0.4) is 0 Å². The van der Waals surface area contributed by atoms with Gasteiger partial charge in [-0.15, -0.1) is 0 Å². The van der Waals surface area contributed by atoms with Crippen molar-refractivity contribution in [2.75, 3.05) is 23.7 Å². The van der Waals surface area contributed by atoms with Crippen LogP contribution < -0.4 is 26.0 Å². The molecular formula is C37H47N5O5. The van der Waals surface area contributed by atoms with Gasteiger partial charge in [0.25, 0.3) is 0 Å². The standard InChI is InChI=1S/C37H47N5O5/c1-26(2)23-33(41-37(46)42-21-9-4-5-10-22-42)36(45)40-34(35(44)39-31-17-15-30(16-18-31)38-27(3)43)24-28-13-19-32(20-14-28)47-25-29-11-7-6-8-12-29/h6-8,11-20,26,33-34H,4-5,9-10,21-25H2,1-3H3,(H,38,43)(H,39,44)(H,40,45)(H,41,46)/t33-,34-/m0/s1. The summed E-state index contributed by atoms with van der Waals surface area (Å²) in [6.45, 7) is 7.18. The lowest BCUT2D eigenvalue weighted by Gasteiger charge is -2.27. The largest absolute Gasteiger partial charge is 0.489 e. The van der Waals surface area contributed by atoms with Crippen molar-refractivity contribution >= 4 is 35.1 Å². The number of nitrogens with one attached hydrogen (secondary N) is 4. The van der Waals surface area contributed by atoms with Gasteiger partial charge in [-0.2, -0.15) is 0 Å². The van der Waals surface area contributed by atoms with Crippen LogP contribution in [0.4, 0.5) is 16.2 Å². The van der Waals surface area contributed by atoms with Gasteiger partial charge in [-0.1, -0.05) is 69.2 Å². The topological polar surface area (TPSA) is 129 Å². The zero-order valence-corrected chi connectivity index (χ0v) is 27.6. The molecule has 0 aromatic heterocycles. The van der Waals surface area contributed by atoms with Crippen molar-refractivity contribution in [3.8, 4) is 5.75 Å². The summed E-state index contributed by atoms with van der Waals surface area (Å²) < 4.78 is 5.92. The lowest BCUT2D eigenvalue weighted by molar-refractivity contribution is -0.128. The van der Waals surface area contributed by atoms with Gasteiger partial charge >= 0.3 is 6.03 Å². The van der Waals surface area contributed by atoms with Crippen molar-refractivity contribution in [2.45, 2.75) is 78.0 Å². The molecule has 1 heterocycles. The summed E-state index contributed by atoms with van der Waals surface area (Å²) in [6, 6.07) is 22.1. The highest BCUT2D eigenvalue weighted by molar-refractivity contribution is 5.99. The lowest BCUT2D eigenvalue weighted by atomic mass is 10.0. The summed E-state index contributed by atoms with van der Waals surface area (Å²) in [5.74, 6) is -0.189. The summed E-state index contributed by atoms with van der Waals surface area (Å²) in [4.78, 5) is 53.8. The molecule has 0 aliphatic carbocycles. The zero-order chi connectivity index (χ0) is 33.6. The van der Waals surface area contributed by atoms with Gasteiger partial charge in [0, 0.05) is 37.8 Å². The van der Waals surface area contributed by atoms with E-state index in [1.165, 1.54) is 6.92 Å². The molecule has 4 N–H and O–H groups in total. The number of hydrogen-bond donors (Lipinski definition) is 4. The van der Waals surface area contributed by atoms with Crippen LogP contribution in [0.15, 0.2) is 78.9 Å². The predicted molar refractivity (Wildman–Crippen MR) is 184 cm³/mol. The van der Waals surface area contributed by atoms with Crippen molar-refractivity contribution in [2.24, 2.45) is 5.92 Å². The molecule has 4 rings (SSSR count). The van der Waals surface area contributed by atoms with Crippen molar-refractivity contribution in [1.82, 2.24) is 15.5 Å². The van der Waals surface area contributed by atoms with Crippen molar-refractivity contribution < 1.29 is 23.9 Å². The molecule has 10 heteroatoms. The van der Waals surface area contributed by atoms with Crippen LogP contribution in [0.5, 0.6) is 5.75 Å². The summed E-state index contributed by atoms with van der Waals surface area (Å²) in [5.41, 5.74) is 3.00. The second kappa shape index (κ2) is 17.7. The Labute approximate surface area is 277 Å². The molecule has 0 unspecified atom stereocenters. The molecular weight excluding hydrogens is 594 g/mol. The van der Waals surface area contributed by atoms with E-state index in [0.29, 0.717) is 43.2 Å². The fraction of sp³-hybridized carbons (Fsp3) is 0.405. The molecule has 1 aliphatic heterocycles. The molecule has 1 aliphatic rings. The number of urea groups is 1. The molecule has 2 atom stereocenters. The molecule has 3 aromatic rings. The van der Waals surface area contributed by atoms with Crippen LogP contribution in [-0.2, 0) is 27.4 Å². The number of anilines is 2. The van der Waals surface area contributed by atoms with Gasteiger partial charge < -0.3 is 30.9 Å². The lowest BCUT2D eigenvalue weighted by Crippen LogP contribution is -2.55. The van der Waals surface area contributed by atoms with E-state index < -0.39 is 23.9 Å². The maximum Gasteiger partial charge on any atom is 0.318 e. The smallest absolute Gasteiger partial charge is 0.318 e. The zero-order valence-electron chi connectivity index (χ0n) is 27.6. The van der Waals surface area contributed by atoms with E-state index >= 15 is 0 Å². The van der Waals surface area contributed by atoms with Crippen LogP contribution in [-0.4, -0.2) is 53.8 Å². The summed E-state index contributed by atoms with van der Waals surface area (Å²) >= 11 is 0. The Morgan fingerprint density at radius 3 is 1.91 bits per heavy atom. The number of rotatable bonds is 13. The molecule has 47 heavy (non-hydrogen) atoms. The van der Waals surface area contributed by atoms with Crippen LogP contribution in [0.2, 0.25) is 0 Å². The third kappa shape index (κ3) is 11.8. The van der Waals surface area contributed by atoms with E-state index in [4.69, 9.17) is 4.74 Å². The minimum atomic E-state index is -0.932. The molecule has 3 aromatic carbocycles. The fourth-order valence-electron chi connectivity index (χ4n) is 5.47. The number of nitrogens with zero attached hydrogens (tertiary/aromatic N) is 1. The van der Waals surface area contributed by atoms with Crippen molar-refractivity contribution in [1.29, 1.82) is 0 Å². The summed E-state index contributed by atoms with van der Waals surface area (Å²) in [7, 11) is 0. The molecule has 0 radical (unpaired) electrons. The number of benzene rings is 3. The fourth-order valence-corrected chi connectivity index (χ4v) is 5.47. The first-order chi connectivity index (χ1) is 22.7. The Kier molecular flexibility index (Phi) is 13.2. The van der Waals surface area contributed by atoms with Gasteiger partial charge in [0.2, 0.25) is 17.7 Å². The van der Waals surface area contributed by atoms with E-state index in [1.807, 2.05) is 68.4 Å². The molecule has 5 amide bonds. The predicted octanol–water partition coefficient (Wildman–Crippen LogP) is 5.89. The summed E-state index contributed by atoms with van der Waals surface area (Å²) in [5, 5.41) is 11.5. The Morgan fingerprint density at radius 2 is 1.32 bits per heavy atom. The van der Waals surface area contributed by atoms with E-state index in [9.17, 15) is 19.2 Å². The van der Waals surface area contributed by atoms with Gasteiger partial charge in [0.15, 0.2) is 0 Å². The number of ether oxygens (including phenoxy) is 1. The van der Waals surface area contributed by atoms with Gasteiger partial charge in [0.1, 0.15) is 24.4 Å². The van der Waals surface area contributed by atoms with Gasteiger partial charge in [-0.3, -0.25) is 14.4 Å². The number of hydrogen-bond acceptors (Lipinski definition) is 5. The van der Waals surface area contributed by atoms with E-state index in [0.717, 1.165) is 36.8 Å². The van der Waals surface area contributed by atoms with Crippen molar-refractivity contribution in [3.05, 3.63) is 90.0 Å².